The molecule has 4 heteroatoms. The van der Waals surface area contributed by atoms with Crippen molar-refractivity contribution in [1.29, 1.82) is 0 Å². The van der Waals surface area contributed by atoms with Crippen LogP contribution in [0.25, 0.3) is 0 Å². The van der Waals surface area contributed by atoms with Crippen LogP contribution < -0.4 is 0 Å². The maximum absolute atomic E-state index is 11.6. The second-order valence-corrected chi connectivity index (χ2v) is 6.73. The van der Waals surface area contributed by atoms with Crippen molar-refractivity contribution in [1.82, 2.24) is 0 Å². The van der Waals surface area contributed by atoms with E-state index < -0.39 is 0 Å². The summed E-state index contributed by atoms with van der Waals surface area (Å²) in [5.74, 6) is 6.13. The van der Waals surface area contributed by atoms with Gasteiger partial charge in [0, 0.05) is 25.7 Å². The molecule has 0 spiro atoms. The predicted molar refractivity (Wildman–Crippen MR) is 101 cm³/mol. The van der Waals surface area contributed by atoms with E-state index in [1.165, 1.54) is 25.7 Å². The van der Waals surface area contributed by atoms with Gasteiger partial charge in [-0.2, -0.15) is 0 Å². The molecule has 0 rings (SSSR count). The van der Waals surface area contributed by atoms with E-state index in [-0.39, 0.29) is 24.8 Å². The van der Waals surface area contributed by atoms with E-state index in [0.717, 1.165) is 25.7 Å². The maximum atomic E-state index is 11.6. The minimum atomic E-state index is -0.234. The summed E-state index contributed by atoms with van der Waals surface area (Å²) in [5, 5.41) is 0. The Hall–Kier alpha value is -1.50. The molecule has 0 atom stereocenters. The largest absolute Gasteiger partial charge is 0.466 e. The van der Waals surface area contributed by atoms with E-state index in [1.54, 1.807) is 0 Å². The highest BCUT2D eigenvalue weighted by molar-refractivity contribution is 5.72. The van der Waals surface area contributed by atoms with Crippen molar-refractivity contribution in [3.05, 3.63) is 0 Å². The van der Waals surface area contributed by atoms with Gasteiger partial charge in [0.2, 0.25) is 0 Å². The van der Waals surface area contributed by atoms with Crippen molar-refractivity contribution >= 4 is 11.9 Å². The Morgan fingerprint density at radius 2 is 1.40 bits per heavy atom. The van der Waals surface area contributed by atoms with E-state index in [2.05, 4.69) is 18.8 Å². The lowest BCUT2D eigenvalue weighted by molar-refractivity contribution is -0.146. The highest BCUT2D eigenvalue weighted by atomic mass is 16.5. The second-order valence-electron chi connectivity index (χ2n) is 6.73. The third-order valence-corrected chi connectivity index (χ3v) is 3.60. The van der Waals surface area contributed by atoms with Gasteiger partial charge in [0.25, 0.3) is 0 Å². The lowest BCUT2D eigenvalue weighted by Gasteiger charge is -2.07. The smallest absolute Gasteiger partial charge is 0.305 e. The molecule has 0 amide bonds. The van der Waals surface area contributed by atoms with E-state index in [9.17, 15) is 9.59 Å². The SMILES string of the molecule is CCC#CCCCCCCCCOC(=O)CCCC(=O)OCC(C)C. The third kappa shape index (κ3) is 18.7. The summed E-state index contributed by atoms with van der Waals surface area (Å²) in [6.45, 7) is 6.98. The number of rotatable bonds is 14. The number of ether oxygens (including phenoxy) is 2. The van der Waals surface area contributed by atoms with E-state index >= 15 is 0 Å². The maximum Gasteiger partial charge on any atom is 0.305 e. The standard InChI is InChI=1S/C21H36O4/c1-4-5-6-7-8-9-10-11-12-13-17-24-20(22)15-14-16-21(23)25-18-19(2)3/h19H,4,7-18H2,1-3H3. The normalized spacial score (nSPS) is 10.2. The highest BCUT2D eigenvalue weighted by Gasteiger charge is 2.08. The molecular weight excluding hydrogens is 316 g/mol. The van der Waals surface area contributed by atoms with Gasteiger partial charge in [-0.3, -0.25) is 9.59 Å². The van der Waals surface area contributed by atoms with Crippen molar-refractivity contribution in [3.8, 4) is 11.8 Å². The molecule has 0 aromatic rings. The van der Waals surface area contributed by atoms with Gasteiger partial charge in [-0.1, -0.05) is 46.5 Å². The molecule has 0 fully saturated rings. The van der Waals surface area contributed by atoms with Gasteiger partial charge in [0.1, 0.15) is 0 Å². The third-order valence-electron chi connectivity index (χ3n) is 3.60. The first-order valence-electron chi connectivity index (χ1n) is 9.83. The molecule has 0 saturated heterocycles. The summed E-state index contributed by atoms with van der Waals surface area (Å²) in [6.07, 6.45) is 9.84. The first-order valence-corrected chi connectivity index (χ1v) is 9.83. The first-order chi connectivity index (χ1) is 12.1. The quantitative estimate of drug-likeness (QED) is 0.249. The van der Waals surface area contributed by atoms with Gasteiger partial charge in [0.05, 0.1) is 13.2 Å². The van der Waals surface area contributed by atoms with Crippen molar-refractivity contribution in [2.45, 2.75) is 91.4 Å². The van der Waals surface area contributed by atoms with E-state index in [1.807, 2.05) is 13.8 Å². The van der Waals surface area contributed by atoms with Gasteiger partial charge >= 0.3 is 11.9 Å². The van der Waals surface area contributed by atoms with Crippen molar-refractivity contribution in [2.24, 2.45) is 5.92 Å². The van der Waals surface area contributed by atoms with Crippen LogP contribution in [0.5, 0.6) is 0 Å². The van der Waals surface area contributed by atoms with Crippen LogP contribution in [-0.2, 0) is 19.1 Å². The summed E-state index contributed by atoms with van der Waals surface area (Å²) in [7, 11) is 0. The van der Waals surface area contributed by atoms with Crippen molar-refractivity contribution in [2.75, 3.05) is 13.2 Å². The summed E-state index contributed by atoms with van der Waals surface area (Å²) in [6, 6.07) is 0. The van der Waals surface area contributed by atoms with Gasteiger partial charge < -0.3 is 9.47 Å². The van der Waals surface area contributed by atoms with Gasteiger partial charge in [-0.25, -0.2) is 0 Å². The topological polar surface area (TPSA) is 52.6 Å². The van der Waals surface area contributed by atoms with Crippen LogP contribution in [0.4, 0.5) is 0 Å². The predicted octanol–water partition coefficient (Wildman–Crippen LogP) is 5.04. The Morgan fingerprint density at radius 1 is 0.800 bits per heavy atom. The molecule has 25 heavy (non-hydrogen) atoms. The molecule has 0 bridgehead atoms. The fraction of sp³-hybridized carbons (Fsp3) is 0.810. The number of unbranched alkanes of at least 4 members (excludes halogenated alkanes) is 6. The van der Waals surface area contributed by atoms with Crippen molar-refractivity contribution in [3.63, 3.8) is 0 Å². The molecular formula is C21H36O4. The molecule has 0 radical (unpaired) electrons. The van der Waals surface area contributed by atoms with Crippen LogP contribution in [0.3, 0.4) is 0 Å². The summed E-state index contributed by atoms with van der Waals surface area (Å²) < 4.78 is 10.2. The monoisotopic (exact) mass is 352 g/mol. The number of hydrogen-bond acceptors (Lipinski definition) is 4. The fourth-order valence-corrected chi connectivity index (χ4v) is 2.20. The lowest BCUT2D eigenvalue weighted by atomic mass is 10.1. The number of esters is 2. The van der Waals surface area contributed by atoms with Crippen LogP contribution in [0, 0.1) is 17.8 Å². The lowest BCUT2D eigenvalue weighted by Crippen LogP contribution is -2.11. The average molecular weight is 353 g/mol. The summed E-state index contributed by atoms with van der Waals surface area (Å²) in [5.41, 5.74) is 0. The van der Waals surface area contributed by atoms with Crippen LogP contribution in [0.1, 0.15) is 91.4 Å². The zero-order valence-corrected chi connectivity index (χ0v) is 16.4. The Morgan fingerprint density at radius 3 is 2.04 bits per heavy atom. The van der Waals surface area contributed by atoms with E-state index in [4.69, 9.17) is 9.47 Å². The van der Waals surface area contributed by atoms with Crippen LogP contribution in [0.2, 0.25) is 0 Å². The number of hydrogen-bond donors (Lipinski definition) is 0. The summed E-state index contributed by atoms with van der Waals surface area (Å²) >= 11 is 0. The Kier molecular flexibility index (Phi) is 16.3. The molecule has 0 saturated carbocycles. The fourth-order valence-electron chi connectivity index (χ4n) is 2.20. The first kappa shape index (κ1) is 23.5. The highest BCUT2D eigenvalue weighted by Crippen LogP contribution is 2.08. The molecule has 0 N–H and O–H groups in total. The van der Waals surface area contributed by atoms with Crippen molar-refractivity contribution < 1.29 is 19.1 Å². The molecule has 0 heterocycles. The van der Waals surface area contributed by atoms with Crippen LogP contribution in [0.15, 0.2) is 0 Å². The molecule has 0 aromatic carbocycles. The minimum absolute atomic E-state index is 0.217. The van der Waals surface area contributed by atoms with Crippen LogP contribution in [-0.4, -0.2) is 25.2 Å². The number of carbonyl (C=O) groups excluding carboxylic acids is 2. The van der Waals surface area contributed by atoms with Crippen LogP contribution >= 0.6 is 0 Å². The van der Waals surface area contributed by atoms with E-state index in [0.29, 0.717) is 25.6 Å². The molecule has 0 unspecified atom stereocenters. The minimum Gasteiger partial charge on any atom is -0.466 e. The Bertz CT molecular complexity index is 404. The zero-order valence-electron chi connectivity index (χ0n) is 16.4. The number of carbonyl (C=O) groups is 2. The van der Waals surface area contributed by atoms with Gasteiger partial charge in [-0.05, 0) is 25.2 Å². The molecule has 0 aliphatic heterocycles. The molecule has 4 nitrogen and oxygen atoms in total. The van der Waals surface area contributed by atoms with Gasteiger partial charge in [-0.15, -0.1) is 11.8 Å². The Labute approximate surface area is 154 Å². The second kappa shape index (κ2) is 17.3. The molecule has 0 aromatic heterocycles. The molecule has 0 aliphatic carbocycles. The zero-order chi connectivity index (χ0) is 18.8. The summed E-state index contributed by atoms with van der Waals surface area (Å²) in [4.78, 5) is 23.0. The molecule has 144 valence electrons. The van der Waals surface area contributed by atoms with Gasteiger partial charge in [0.15, 0.2) is 0 Å². The molecule has 0 aliphatic rings. The average Bonchev–Trinajstić information content (AvgIpc) is 2.58. The Balaban J connectivity index is 3.34.